The summed E-state index contributed by atoms with van der Waals surface area (Å²) in [6, 6.07) is 6.17. The van der Waals surface area contributed by atoms with E-state index in [9.17, 15) is 0 Å². The van der Waals surface area contributed by atoms with Gasteiger partial charge < -0.3 is 10.1 Å². The second-order valence-corrected chi connectivity index (χ2v) is 5.66. The van der Waals surface area contributed by atoms with Gasteiger partial charge in [-0.05, 0) is 51.6 Å². The molecule has 0 aliphatic heterocycles. The summed E-state index contributed by atoms with van der Waals surface area (Å²) in [5.74, 6) is 0.916. The van der Waals surface area contributed by atoms with Crippen molar-refractivity contribution in [2.24, 2.45) is 0 Å². The first-order chi connectivity index (χ1) is 6.98. The van der Waals surface area contributed by atoms with E-state index in [0.29, 0.717) is 0 Å². The largest absolute Gasteiger partial charge is 0.497 e. The van der Waals surface area contributed by atoms with Crippen molar-refractivity contribution in [1.82, 2.24) is 5.32 Å². The Balaban J connectivity index is 2.87. The van der Waals surface area contributed by atoms with Gasteiger partial charge in [0.25, 0.3) is 0 Å². The smallest absolute Gasteiger partial charge is 0.119 e. The predicted octanol–water partition coefficient (Wildman–Crippen LogP) is 3.05. The van der Waals surface area contributed by atoms with Crippen LogP contribution in [0.15, 0.2) is 23.1 Å². The third kappa shape index (κ3) is 3.43. The summed E-state index contributed by atoms with van der Waals surface area (Å²) in [5.41, 5.74) is 1.25. The number of ether oxygens (including phenoxy) is 1. The number of nitrogens with one attached hydrogen (secondary N) is 1. The fourth-order valence-corrected chi connectivity index (χ4v) is 2.20. The van der Waals surface area contributed by atoms with Gasteiger partial charge in [0.1, 0.15) is 5.75 Å². The molecule has 0 radical (unpaired) electrons. The van der Waals surface area contributed by atoms with Gasteiger partial charge in [0.2, 0.25) is 0 Å². The SMILES string of the molecule is CNC(C)(C)Sc1ccc(OC)cc1C. The topological polar surface area (TPSA) is 21.3 Å². The van der Waals surface area contributed by atoms with Gasteiger partial charge >= 0.3 is 0 Å². The predicted molar refractivity (Wildman–Crippen MR) is 66.7 cm³/mol. The Labute approximate surface area is 96.4 Å². The summed E-state index contributed by atoms with van der Waals surface area (Å²) < 4.78 is 5.18. The molecule has 0 fully saturated rings. The number of aryl methyl sites for hydroxylation is 1. The zero-order valence-corrected chi connectivity index (χ0v) is 10.9. The minimum Gasteiger partial charge on any atom is -0.497 e. The van der Waals surface area contributed by atoms with Gasteiger partial charge in [-0.2, -0.15) is 0 Å². The fourth-order valence-electron chi connectivity index (χ4n) is 1.19. The van der Waals surface area contributed by atoms with Crippen LogP contribution in [-0.4, -0.2) is 19.0 Å². The van der Waals surface area contributed by atoms with E-state index in [1.807, 2.05) is 24.9 Å². The molecule has 0 saturated carbocycles. The van der Waals surface area contributed by atoms with Crippen LogP contribution in [-0.2, 0) is 0 Å². The molecule has 1 aromatic rings. The Hall–Kier alpha value is -0.670. The van der Waals surface area contributed by atoms with Crippen molar-refractivity contribution in [2.45, 2.75) is 30.5 Å². The highest BCUT2D eigenvalue weighted by molar-refractivity contribution is 8.00. The molecule has 84 valence electrons. The first kappa shape index (κ1) is 12.4. The van der Waals surface area contributed by atoms with Crippen LogP contribution in [0.5, 0.6) is 5.75 Å². The molecule has 0 atom stereocenters. The molecule has 2 nitrogen and oxygen atoms in total. The van der Waals surface area contributed by atoms with Crippen LogP contribution in [0.2, 0.25) is 0 Å². The molecule has 0 aliphatic rings. The van der Waals surface area contributed by atoms with Gasteiger partial charge in [-0.15, -0.1) is 11.8 Å². The Bertz CT molecular complexity index is 336. The lowest BCUT2D eigenvalue weighted by molar-refractivity contribution is 0.414. The van der Waals surface area contributed by atoms with Crippen LogP contribution in [0.25, 0.3) is 0 Å². The average Bonchev–Trinajstić information content (AvgIpc) is 2.21. The van der Waals surface area contributed by atoms with Crippen LogP contribution in [0.3, 0.4) is 0 Å². The standard InChI is InChI=1S/C12H19NOS/c1-9-8-10(14-5)6-7-11(9)15-12(2,3)13-4/h6-8,13H,1-5H3. The highest BCUT2D eigenvalue weighted by Crippen LogP contribution is 2.33. The van der Waals surface area contributed by atoms with Crippen molar-refractivity contribution < 1.29 is 4.74 Å². The van der Waals surface area contributed by atoms with Crippen LogP contribution in [0, 0.1) is 6.92 Å². The Morgan fingerprint density at radius 1 is 1.33 bits per heavy atom. The molecule has 15 heavy (non-hydrogen) atoms. The molecule has 0 amide bonds. The maximum atomic E-state index is 5.18. The third-order valence-corrected chi connectivity index (χ3v) is 3.74. The van der Waals surface area contributed by atoms with Crippen molar-refractivity contribution in [3.05, 3.63) is 23.8 Å². The van der Waals surface area contributed by atoms with E-state index in [0.717, 1.165) is 5.75 Å². The maximum absolute atomic E-state index is 5.18. The van der Waals surface area contributed by atoms with E-state index in [-0.39, 0.29) is 4.87 Å². The summed E-state index contributed by atoms with van der Waals surface area (Å²) in [6.07, 6.45) is 0. The molecular weight excluding hydrogens is 206 g/mol. The summed E-state index contributed by atoms with van der Waals surface area (Å²) >= 11 is 1.83. The monoisotopic (exact) mass is 225 g/mol. The molecule has 0 heterocycles. The first-order valence-electron chi connectivity index (χ1n) is 5.01. The second kappa shape index (κ2) is 4.90. The van der Waals surface area contributed by atoms with Gasteiger partial charge in [0.15, 0.2) is 0 Å². The molecule has 1 N–H and O–H groups in total. The van der Waals surface area contributed by atoms with E-state index in [1.54, 1.807) is 7.11 Å². The van der Waals surface area contributed by atoms with Gasteiger partial charge in [0.05, 0.1) is 12.0 Å². The highest BCUT2D eigenvalue weighted by atomic mass is 32.2. The average molecular weight is 225 g/mol. The fraction of sp³-hybridized carbons (Fsp3) is 0.500. The Kier molecular flexibility index (Phi) is 4.05. The van der Waals surface area contributed by atoms with Crippen molar-refractivity contribution in [3.63, 3.8) is 0 Å². The molecule has 0 bridgehead atoms. The van der Waals surface area contributed by atoms with Gasteiger partial charge in [0, 0.05) is 4.90 Å². The molecule has 0 unspecified atom stereocenters. The first-order valence-corrected chi connectivity index (χ1v) is 5.83. The molecule has 0 aromatic heterocycles. The van der Waals surface area contributed by atoms with Gasteiger partial charge in [-0.1, -0.05) is 0 Å². The number of hydrogen-bond donors (Lipinski definition) is 1. The molecule has 1 aromatic carbocycles. The highest BCUT2D eigenvalue weighted by Gasteiger charge is 2.17. The number of methoxy groups -OCH3 is 1. The molecule has 0 saturated heterocycles. The number of benzene rings is 1. The summed E-state index contributed by atoms with van der Waals surface area (Å²) in [5, 5.41) is 3.28. The van der Waals surface area contributed by atoms with Crippen molar-refractivity contribution in [3.8, 4) is 5.75 Å². The van der Waals surface area contributed by atoms with Crippen LogP contribution >= 0.6 is 11.8 Å². The normalized spacial score (nSPS) is 11.5. The van der Waals surface area contributed by atoms with Crippen LogP contribution in [0.1, 0.15) is 19.4 Å². The lowest BCUT2D eigenvalue weighted by Gasteiger charge is -2.24. The van der Waals surface area contributed by atoms with Crippen LogP contribution in [0.4, 0.5) is 0 Å². The Morgan fingerprint density at radius 2 is 2.00 bits per heavy atom. The molecule has 1 rings (SSSR count). The lowest BCUT2D eigenvalue weighted by atomic mass is 10.2. The van der Waals surface area contributed by atoms with Crippen molar-refractivity contribution in [1.29, 1.82) is 0 Å². The second-order valence-electron chi connectivity index (χ2n) is 3.99. The summed E-state index contributed by atoms with van der Waals surface area (Å²) in [4.78, 5) is 1.34. The summed E-state index contributed by atoms with van der Waals surface area (Å²) in [6.45, 7) is 6.44. The minimum atomic E-state index is 0.0549. The number of rotatable bonds is 4. The lowest BCUT2D eigenvalue weighted by Crippen LogP contribution is -2.31. The molecule has 0 spiro atoms. The van der Waals surface area contributed by atoms with Gasteiger partial charge in [-0.3, -0.25) is 0 Å². The minimum absolute atomic E-state index is 0.0549. The number of hydrogen-bond acceptors (Lipinski definition) is 3. The van der Waals surface area contributed by atoms with E-state index in [1.165, 1.54) is 10.5 Å². The number of thioether (sulfide) groups is 1. The quantitative estimate of drug-likeness (QED) is 0.628. The Morgan fingerprint density at radius 3 is 2.47 bits per heavy atom. The maximum Gasteiger partial charge on any atom is 0.119 e. The zero-order chi connectivity index (χ0) is 11.5. The molecule has 0 aliphatic carbocycles. The van der Waals surface area contributed by atoms with Crippen molar-refractivity contribution >= 4 is 11.8 Å². The van der Waals surface area contributed by atoms with Crippen LogP contribution < -0.4 is 10.1 Å². The molecule has 3 heteroatoms. The zero-order valence-electron chi connectivity index (χ0n) is 10.0. The van der Waals surface area contributed by atoms with E-state index in [4.69, 9.17) is 4.74 Å². The van der Waals surface area contributed by atoms with E-state index >= 15 is 0 Å². The third-order valence-electron chi connectivity index (χ3n) is 2.35. The van der Waals surface area contributed by atoms with E-state index < -0.39 is 0 Å². The molecular formula is C12H19NOS. The summed E-state index contributed by atoms with van der Waals surface area (Å²) in [7, 11) is 3.67. The van der Waals surface area contributed by atoms with Gasteiger partial charge in [-0.25, -0.2) is 0 Å². The van der Waals surface area contributed by atoms with E-state index in [2.05, 4.69) is 38.2 Å². The van der Waals surface area contributed by atoms with Crippen molar-refractivity contribution in [2.75, 3.05) is 14.2 Å².